The van der Waals surface area contributed by atoms with Gasteiger partial charge >= 0.3 is 6.18 Å². The number of rotatable bonds is 11. The van der Waals surface area contributed by atoms with Gasteiger partial charge in [-0.25, -0.2) is 10.1 Å². The van der Waals surface area contributed by atoms with Crippen molar-refractivity contribution in [3.05, 3.63) is 59.8 Å². The lowest BCUT2D eigenvalue weighted by Crippen LogP contribution is -2.47. The van der Waals surface area contributed by atoms with E-state index in [-0.39, 0.29) is 19.0 Å². The first-order chi connectivity index (χ1) is 17.5. The fraction of sp³-hybridized carbons (Fsp3) is 0.391. The third-order valence-electron chi connectivity index (χ3n) is 4.88. The lowest BCUT2D eigenvalue weighted by atomic mass is 10.1. The van der Waals surface area contributed by atoms with Crippen LogP contribution in [0.4, 0.5) is 19.0 Å². The number of amides is 1. The number of hydrogen-bond donors (Lipinski definition) is 2. The van der Waals surface area contributed by atoms with Crippen molar-refractivity contribution in [1.29, 1.82) is 0 Å². The number of anilines is 1. The predicted molar refractivity (Wildman–Crippen MR) is 129 cm³/mol. The zero-order chi connectivity index (χ0) is 27.1. The van der Waals surface area contributed by atoms with Crippen LogP contribution < -0.4 is 10.9 Å². The second-order valence-electron chi connectivity index (χ2n) is 7.94. The van der Waals surface area contributed by atoms with Crippen LogP contribution in [-0.2, 0) is 25.7 Å². The molecule has 2 N–H and O–H groups in total. The molecule has 1 unspecified atom stereocenters. The molecule has 14 heteroatoms. The first kappa shape index (κ1) is 27.8. The Kier molecular flexibility index (Phi) is 9.02. The highest BCUT2D eigenvalue weighted by molar-refractivity contribution is 6.47. The minimum absolute atomic E-state index is 0.0450. The lowest BCUT2D eigenvalue weighted by molar-refractivity contribution is -0.262. The smallest absolute Gasteiger partial charge is 0.389 e. The standard InChI is InChI=1S/C23H28F3N7O4/c1-5-35-22(2,36-15-23(24,25)26)21(34)28-18-13-9-12-17(27-18)14-37-30-19(16-10-7-6-8-11-16)20-29-33(4)31-32(20)3/h6-13,31H,5,14-15H2,1-4H3,(H,27,28,34)/b30-19-. The first-order valence-corrected chi connectivity index (χ1v) is 11.2. The molecule has 1 aromatic carbocycles. The van der Waals surface area contributed by atoms with E-state index in [1.165, 1.54) is 18.1 Å². The Bertz CT molecular complexity index is 1130. The summed E-state index contributed by atoms with van der Waals surface area (Å²) in [6, 6.07) is 14.0. The average Bonchev–Trinajstić information content (AvgIpc) is 3.18. The van der Waals surface area contributed by atoms with E-state index < -0.39 is 24.5 Å². The van der Waals surface area contributed by atoms with Crippen LogP contribution in [0.15, 0.2) is 58.8 Å². The number of aromatic nitrogens is 1. The second-order valence-corrected chi connectivity index (χ2v) is 7.94. The molecule has 0 saturated heterocycles. The number of carbonyl (C=O) groups excluding carboxylic acids is 1. The molecule has 0 radical (unpaired) electrons. The fourth-order valence-electron chi connectivity index (χ4n) is 3.21. The van der Waals surface area contributed by atoms with E-state index in [1.807, 2.05) is 30.3 Å². The third kappa shape index (κ3) is 7.87. The van der Waals surface area contributed by atoms with Gasteiger partial charge in [0.15, 0.2) is 18.2 Å². The molecule has 37 heavy (non-hydrogen) atoms. The van der Waals surface area contributed by atoms with Gasteiger partial charge in [0.2, 0.25) is 5.79 Å². The van der Waals surface area contributed by atoms with Crippen molar-refractivity contribution in [2.75, 3.05) is 32.6 Å². The van der Waals surface area contributed by atoms with Crippen LogP contribution in [0.5, 0.6) is 0 Å². The lowest BCUT2D eigenvalue weighted by Gasteiger charge is -2.28. The zero-order valence-corrected chi connectivity index (χ0v) is 20.7. The van der Waals surface area contributed by atoms with Gasteiger partial charge in [-0.1, -0.05) is 41.6 Å². The number of likely N-dealkylation sites (N-methyl/N-ethyl adjacent to an activating group) is 1. The Labute approximate surface area is 211 Å². The molecule has 1 atom stereocenters. The molecule has 1 aliphatic rings. The molecule has 0 bridgehead atoms. The second kappa shape index (κ2) is 12.0. The van der Waals surface area contributed by atoms with Gasteiger partial charge in [-0.3, -0.25) is 9.80 Å². The number of carbonyl (C=O) groups is 1. The number of hydrogen-bond acceptors (Lipinski definition) is 10. The summed E-state index contributed by atoms with van der Waals surface area (Å²) in [5.41, 5.74) is 4.63. The summed E-state index contributed by atoms with van der Waals surface area (Å²) in [6.45, 7) is 0.890. The number of hydrazone groups is 1. The Morgan fingerprint density at radius 2 is 1.84 bits per heavy atom. The molecule has 0 fully saturated rings. The Hall–Kier alpha value is -3.75. The number of hydrazine groups is 2. The minimum atomic E-state index is -4.63. The maximum absolute atomic E-state index is 12.7. The molecule has 0 saturated carbocycles. The van der Waals surface area contributed by atoms with Crippen molar-refractivity contribution in [2.24, 2.45) is 10.3 Å². The molecule has 0 spiro atoms. The highest BCUT2D eigenvalue weighted by atomic mass is 19.4. The predicted octanol–water partition coefficient (Wildman–Crippen LogP) is 2.88. The first-order valence-electron chi connectivity index (χ1n) is 11.2. The minimum Gasteiger partial charge on any atom is -0.389 e. The van der Waals surface area contributed by atoms with Gasteiger partial charge in [0.1, 0.15) is 12.4 Å². The summed E-state index contributed by atoms with van der Waals surface area (Å²) in [5, 5.41) is 14.3. The molecule has 2 heterocycles. The Balaban J connectivity index is 1.71. The van der Waals surface area contributed by atoms with E-state index in [0.29, 0.717) is 17.2 Å². The quantitative estimate of drug-likeness (QED) is 0.263. The topological polar surface area (TPSA) is 113 Å². The molecule has 2 aromatic rings. The van der Waals surface area contributed by atoms with Gasteiger partial charge in [-0.2, -0.15) is 13.2 Å². The molecule has 3 rings (SSSR count). The van der Waals surface area contributed by atoms with Crippen LogP contribution >= 0.6 is 0 Å². The number of amidine groups is 1. The zero-order valence-electron chi connectivity index (χ0n) is 20.7. The van der Waals surface area contributed by atoms with Crippen LogP contribution in [-0.4, -0.2) is 71.8 Å². The van der Waals surface area contributed by atoms with Gasteiger partial charge < -0.3 is 19.6 Å². The third-order valence-corrected chi connectivity index (χ3v) is 4.88. The highest BCUT2D eigenvalue weighted by Gasteiger charge is 2.40. The summed E-state index contributed by atoms with van der Waals surface area (Å²) in [6.07, 6.45) is -4.63. The molecule has 11 nitrogen and oxygen atoms in total. The number of nitrogens with zero attached hydrogens (tertiary/aromatic N) is 5. The maximum atomic E-state index is 12.7. The molecule has 1 aromatic heterocycles. The summed E-state index contributed by atoms with van der Waals surface area (Å²) < 4.78 is 47.8. The summed E-state index contributed by atoms with van der Waals surface area (Å²) in [5.74, 6) is -2.50. The molecular formula is C23H28F3N7O4. The Morgan fingerprint density at radius 1 is 1.11 bits per heavy atom. The van der Waals surface area contributed by atoms with Crippen LogP contribution in [0.2, 0.25) is 0 Å². The number of benzene rings is 1. The number of ether oxygens (including phenoxy) is 2. The van der Waals surface area contributed by atoms with E-state index in [1.54, 1.807) is 31.2 Å². The van der Waals surface area contributed by atoms with Gasteiger partial charge in [0.05, 0.1) is 5.69 Å². The van der Waals surface area contributed by atoms with E-state index in [2.05, 4.69) is 26.1 Å². The monoisotopic (exact) mass is 523 g/mol. The summed E-state index contributed by atoms with van der Waals surface area (Å²) in [7, 11) is 3.52. The molecule has 0 aliphatic carbocycles. The van der Waals surface area contributed by atoms with Crippen LogP contribution in [0.3, 0.4) is 0 Å². The number of nitrogens with one attached hydrogen (secondary N) is 2. The van der Waals surface area contributed by atoms with Crippen molar-refractivity contribution in [3.8, 4) is 0 Å². The van der Waals surface area contributed by atoms with E-state index in [9.17, 15) is 18.0 Å². The van der Waals surface area contributed by atoms with Crippen LogP contribution in [0.1, 0.15) is 25.1 Å². The van der Waals surface area contributed by atoms with Gasteiger partial charge in [0.25, 0.3) is 5.91 Å². The Morgan fingerprint density at radius 3 is 2.46 bits per heavy atom. The van der Waals surface area contributed by atoms with Crippen LogP contribution in [0.25, 0.3) is 0 Å². The van der Waals surface area contributed by atoms with Crippen molar-refractivity contribution >= 4 is 23.3 Å². The van der Waals surface area contributed by atoms with E-state index in [4.69, 9.17) is 14.3 Å². The van der Waals surface area contributed by atoms with E-state index in [0.717, 1.165) is 12.5 Å². The van der Waals surface area contributed by atoms with Gasteiger partial charge in [-0.05, 0) is 26.0 Å². The van der Waals surface area contributed by atoms with E-state index >= 15 is 0 Å². The molecule has 200 valence electrons. The SMILES string of the molecule is CCOC(C)(OCC(F)(F)F)C(=O)Nc1cccc(CO/N=C(\C2=NN(C)NN2C)c2ccccc2)n1. The normalized spacial score (nSPS) is 15.9. The van der Waals surface area contributed by atoms with Crippen molar-refractivity contribution in [2.45, 2.75) is 32.4 Å². The average molecular weight is 524 g/mol. The fourth-order valence-corrected chi connectivity index (χ4v) is 3.21. The largest absolute Gasteiger partial charge is 0.411 e. The number of alkyl halides is 3. The maximum Gasteiger partial charge on any atom is 0.411 e. The molecular weight excluding hydrogens is 495 g/mol. The van der Waals surface area contributed by atoms with Crippen LogP contribution in [0, 0.1) is 0 Å². The highest BCUT2D eigenvalue weighted by Crippen LogP contribution is 2.22. The molecule has 1 aliphatic heterocycles. The molecule has 1 amide bonds. The number of halogens is 3. The van der Waals surface area contributed by atoms with Crippen molar-refractivity contribution in [3.63, 3.8) is 0 Å². The van der Waals surface area contributed by atoms with Gasteiger partial charge in [-0.15, -0.1) is 10.6 Å². The summed E-state index contributed by atoms with van der Waals surface area (Å²) >= 11 is 0. The number of oxime groups is 1. The number of pyridine rings is 1. The van der Waals surface area contributed by atoms with Crippen molar-refractivity contribution < 1.29 is 32.3 Å². The summed E-state index contributed by atoms with van der Waals surface area (Å²) in [4.78, 5) is 22.5. The van der Waals surface area contributed by atoms with Crippen molar-refractivity contribution in [1.82, 2.24) is 20.6 Å². The van der Waals surface area contributed by atoms with Gasteiger partial charge in [0, 0.05) is 26.3 Å².